The second-order valence-corrected chi connectivity index (χ2v) is 11.3. The van der Waals surface area contributed by atoms with E-state index in [0.717, 1.165) is 26.2 Å². The van der Waals surface area contributed by atoms with Crippen molar-refractivity contribution in [2.75, 3.05) is 62.2 Å². The predicted octanol–water partition coefficient (Wildman–Crippen LogP) is 6.43. The van der Waals surface area contributed by atoms with Crippen LogP contribution in [0.3, 0.4) is 0 Å². The summed E-state index contributed by atoms with van der Waals surface area (Å²) >= 11 is 0. The number of alkyl halides is 6. The van der Waals surface area contributed by atoms with Crippen molar-refractivity contribution in [3.63, 3.8) is 0 Å². The lowest BCUT2D eigenvalue weighted by molar-refractivity contribution is -0.142. The normalized spacial score (nSPS) is 15.8. The number of halogens is 8. The third-order valence-electron chi connectivity index (χ3n) is 7.69. The van der Waals surface area contributed by atoms with E-state index in [-0.39, 0.29) is 11.1 Å². The molecule has 0 spiro atoms. The van der Waals surface area contributed by atoms with Gasteiger partial charge in [-0.15, -0.1) is 20.4 Å². The first kappa shape index (κ1) is 36.3. The molecule has 2 aliphatic heterocycles. The molecule has 0 bridgehead atoms. The fraction of sp³-hybridized carbons (Fsp3) is 0.294. The Bertz CT molecular complexity index is 1630. The van der Waals surface area contributed by atoms with Crippen LogP contribution in [-0.4, -0.2) is 72.8 Å². The van der Waals surface area contributed by atoms with Crippen molar-refractivity contribution in [1.29, 1.82) is 0 Å². The molecule has 6 rings (SSSR count). The van der Waals surface area contributed by atoms with Crippen LogP contribution in [0.2, 0.25) is 0 Å². The van der Waals surface area contributed by atoms with Crippen molar-refractivity contribution in [3.8, 4) is 0 Å². The van der Waals surface area contributed by atoms with E-state index < -0.39 is 35.4 Å². The summed E-state index contributed by atoms with van der Waals surface area (Å²) in [6.07, 6.45) is -3.55. The number of piperazine rings is 2. The summed E-state index contributed by atoms with van der Waals surface area (Å²) in [6.45, 7) is 5.57. The van der Waals surface area contributed by atoms with E-state index >= 15 is 0 Å². The number of hydrogen-bond donors (Lipinski definition) is 2. The molecule has 0 radical (unpaired) electrons. The van der Waals surface area contributed by atoms with Crippen LogP contribution in [0.1, 0.15) is 33.6 Å². The van der Waals surface area contributed by atoms with Crippen molar-refractivity contribution >= 4 is 35.9 Å². The lowest BCUT2D eigenvalue weighted by Crippen LogP contribution is -2.44. The summed E-state index contributed by atoms with van der Waals surface area (Å²) in [6, 6.07) is 13.7. The molecule has 0 saturated carbocycles. The Morgan fingerprint density at radius 1 is 0.500 bits per heavy atom. The third-order valence-corrected chi connectivity index (χ3v) is 7.69. The average Bonchev–Trinajstić information content (AvgIpc) is 3.11. The molecule has 2 saturated heterocycles. The number of aromatic nitrogens is 4. The van der Waals surface area contributed by atoms with Crippen LogP contribution in [0.5, 0.6) is 0 Å². The van der Waals surface area contributed by atoms with Gasteiger partial charge in [-0.1, -0.05) is 48.6 Å². The number of anilines is 2. The van der Waals surface area contributed by atoms with Gasteiger partial charge in [0.2, 0.25) is 0 Å². The molecule has 0 amide bonds. The van der Waals surface area contributed by atoms with E-state index in [9.17, 15) is 35.1 Å². The van der Waals surface area contributed by atoms with E-state index in [1.54, 1.807) is 0 Å². The van der Waals surface area contributed by atoms with Gasteiger partial charge in [-0.3, -0.25) is 0 Å². The lowest BCUT2D eigenvalue weighted by atomic mass is 10.1. The number of hydrogen-bond acceptors (Lipinski definition) is 8. The Labute approximate surface area is 282 Å². The Hall–Kier alpha value is -4.96. The van der Waals surface area contributed by atoms with Gasteiger partial charge in [0.25, 0.3) is 0 Å². The van der Waals surface area contributed by atoms with Crippen LogP contribution in [-0.2, 0) is 12.4 Å². The van der Waals surface area contributed by atoms with E-state index in [2.05, 4.69) is 31.0 Å². The molecule has 0 unspecified atom stereocenters. The maximum atomic E-state index is 13.2. The number of benzene rings is 2. The van der Waals surface area contributed by atoms with E-state index in [1.807, 2.05) is 9.80 Å². The molecule has 2 aliphatic rings. The minimum absolute atomic E-state index is 0.0691. The fourth-order valence-corrected chi connectivity index (χ4v) is 5.10. The number of rotatable bonds is 6. The molecule has 0 atom stereocenters. The van der Waals surface area contributed by atoms with Crippen molar-refractivity contribution in [2.24, 2.45) is 0 Å². The fourth-order valence-electron chi connectivity index (χ4n) is 5.10. The number of nitrogens with one attached hydrogen (secondary N) is 2. The third kappa shape index (κ3) is 10.0. The predicted molar refractivity (Wildman–Crippen MR) is 175 cm³/mol. The maximum absolute atomic E-state index is 13.2. The van der Waals surface area contributed by atoms with Crippen LogP contribution < -0.4 is 20.4 Å². The molecule has 2 N–H and O–H groups in total. The molecule has 4 heterocycles. The van der Waals surface area contributed by atoms with Gasteiger partial charge in [-0.2, -0.15) is 26.3 Å². The highest BCUT2D eigenvalue weighted by Crippen LogP contribution is 2.33. The number of nitrogens with zero attached hydrogens (tertiary/aromatic N) is 6. The highest BCUT2D eigenvalue weighted by Gasteiger charge is 2.37. The summed E-state index contributed by atoms with van der Waals surface area (Å²) in [7, 11) is 0. The van der Waals surface area contributed by atoms with Gasteiger partial charge < -0.3 is 20.4 Å². The minimum atomic E-state index is -4.60. The Morgan fingerprint density at radius 2 is 0.840 bits per heavy atom. The van der Waals surface area contributed by atoms with Gasteiger partial charge in [0.1, 0.15) is 11.6 Å². The second-order valence-electron chi connectivity index (χ2n) is 11.3. The summed E-state index contributed by atoms with van der Waals surface area (Å²) in [4.78, 5) is 3.78. The SMILES string of the molecule is Fc1ccc(/C=C/c2cc(N3CCNCC3)nnc2C(F)(F)F)cc1.Fc1ccc(/C=C\c2cc(N3CCNCC3)nnc2C(F)(F)F)cc1. The highest BCUT2D eigenvalue weighted by molar-refractivity contribution is 5.73. The Kier molecular flexibility index (Phi) is 11.7. The van der Waals surface area contributed by atoms with Gasteiger partial charge >= 0.3 is 12.4 Å². The van der Waals surface area contributed by atoms with Crippen LogP contribution in [0.25, 0.3) is 24.3 Å². The van der Waals surface area contributed by atoms with Gasteiger partial charge in [0.15, 0.2) is 23.0 Å². The smallest absolute Gasteiger partial charge is 0.353 e. The van der Waals surface area contributed by atoms with E-state index in [0.29, 0.717) is 48.9 Å². The quantitative estimate of drug-likeness (QED) is 0.223. The molecule has 0 aliphatic carbocycles. The first-order valence-electron chi connectivity index (χ1n) is 15.6. The van der Waals surface area contributed by atoms with Crippen molar-refractivity contribution in [1.82, 2.24) is 31.0 Å². The molecule has 2 fully saturated rings. The highest BCUT2D eigenvalue weighted by atomic mass is 19.4. The summed E-state index contributed by atoms with van der Waals surface area (Å²) in [5.41, 5.74) is -1.03. The summed E-state index contributed by atoms with van der Waals surface area (Å²) in [5, 5.41) is 20.6. The summed E-state index contributed by atoms with van der Waals surface area (Å²) in [5.74, 6) is 0.0147. The maximum Gasteiger partial charge on any atom is 0.435 e. The molecular weight excluding hydrogens is 672 g/mol. The van der Waals surface area contributed by atoms with Crippen molar-refractivity contribution in [2.45, 2.75) is 12.4 Å². The zero-order chi connectivity index (χ0) is 35.7. The first-order chi connectivity index (χ1) is 23.9. The first-order valence-corrected chi connectivity index (χ1v) is 15.6. The van der Waals surface area contributed by atoms with Gasteiger partial charge in [-0.05, 0) is 47.5 Å². The van der Waals surface area contributed by atoms with Gasteiger partial charge in [-0.25, -0.2) is 8.78 Å². The van der Waals surface area contributed by atoms with E-state index in [1.165, 1.54) is 85.0 Å². The van der Waals surface area contributed by atoms with E-state index in [4.69, 9.17) is 0 Å². The van der Waals surface area contributed by atoms with Gasteiger partial charge in [0.05, 0.1) is 0 Å². The molecule has 2 aromatic heterocycles. The van der Waals surface area contributed by atoms with Crippen LogP contribution in [0, 0.1) is 11.6 Å². The molecule has 16 heteroatoms. The molecule has 8 nitrogen and oxygen atoms in total. The topological polar surface area (TPSA) is 82.1 Å². The van der Waals surface area contributed by atoms with Gasteiger partial charge in [0, 0.05) is 63.5 Å². The second kappa shape index (κ2) is 16.2. The summed E-state index contributed by atoms with van der Waals surface area (Å²) < 4.78 is 105. The van der Waals surface area contributed by atoms with Crippen LogP contribution >= 0.6 is 0 Å². The van der Waals surface area contributed by atoms with Crippen molar-refractivity contribution in [3.05, 3.63) is 106 Å². The molecule has 4 aromatic rings. The largest absolute Gasteiger partial charge is 0.435 e. The van der Waals surface area contributed by atoms with Crippen LogP contribution in [0.15, 0.2) is 60.7 Å². The molecule has 50 heavy (non-hydrogen) atoms. The Morgan fingerprint density at radius 3 is 1.16 bits per heavy atom. The molecule has 2 aromatic carbocycles. The standard InChI is InChI=1S/2C17H16F4N4/c2*18-14-5-2-12(3-6-14)1-4-13-11-15(25-9-7-22-8-10-25)23-24-16(13)17(19,20)21/h2*1-6,11,22H,7-10H2/b4-1+;4-1-. The average molecular weight is 705 g/mol. The zero-order valence-corrected chi connectivity index (χ0v) is 26.4. The van der Waals surface area contributed by atoms with Crippen LogP contribution in [0.4, 0.5) is 46.8 Å². The molecular formula is C34H32F8N8. The van der Waals surface area contributed by atoms with Crippen molar-refractivity contribution < 1.29 is 35.1 Å². The lowest BCUT2D eigenvalue weighted by Gasteiger charge is -2.28. The minimum Gasteiger partial charge on any atom is -0.353 e. The Balaban J connectivity index is 0.000000194. The monoisotopic (exact) mass is 704 g/mol. The molecule has 264 valence electrons. The zero-order valence-electron chi connectivity index (χ0n) is 26.4.